The first-order valence-corrected chi connectivity index (χ1v) is 7.99. The fourth-order valence-electron chi connectivity index (χ4n) is 2.50. The second kappa shape index (κ2) is 8.03. The van der Waals surface area contributed by atoms with Gasteiger partial charge in [0, 0.05) is 31.3 Å². The van der Waals surface area contributed by atoms with Crippen LogP contribution in [-0.2, 0) is 11.0 Å². The molecule has 0 bridgehead atoms. The van der Waals surface area contributed by atoms with E-state index in [0.717, 1.165) is 17.7 Å². The summed E-state index contributed by atoms with van der Waals surface area (Å²) >= 11 is 0. The molecule has 0 fully saturated rings. The summed E-state index contributed by atoms with van der Waals surface area (Å²) in [7, 11) is 0. The normalized spacial score (nSPS) is 11.1. The van der Waals surface area contributed by atoms with Crippen molar-refractivity contribution in [2.24, 2.45) is 0 Å². The van der Waals surface area contributed by atoms with Gasteiger partial charge in [-0.3, -0.25) is 9.59 Å². The Hall–Kier alpha value is -2.83. The van der Waals surface area contributed by atoms with Crippen LogP contribution >= 0.6 is 0 Å². The number of benzene rings is 2. The van der Waals surface area contributed by atoms with Crippen LogP contribution in [0.4, 0.5) is 18.9 Å². The summed E-state index contributed by atoms with van der Waals surface area (Å²) in [6, 6.07) is 11.4. The zero-order chi connectivity index (χ0) is 19.3. The maximum absolute atomic E-state index is 12.6. The summed E-state index contributed by atoms with van der Waals surface area (Å²) in [5.41, 5.74) is 0.931. The van der Waals surface area contributed by atoms with E-state index in [9.17, 15) is 22.8 Å². The Kier molecular flexibility index (Phi) is 6.02. The first-order chi connectivity index (χ1) is 12.2. The van der Waals surface area contributed by atoms with Crippen LogP contribution in [0.15, 0.2) is 48.5 Å². The highest BCUT2D eigenvalue weighted by atomic mass is 19.4. The van der Waals surface area contributed by atoms with E-state index in [-0.39, 0.29) is 24.9 Å². The molecule has 0 aromatic heterocycles. The summed E-state index contributed by atoms with van der Waals surface area (Å²) in [5.74, 6) is -0.589. The fraction of sp³-hybridized carbons (Fsp3) is 0.263. The number of aryl methyl sites for hydroxylation is 1. The van der Waals surface area contributed by atoms with Gasteiger partial charge in [0.15, 0.2) is 0 Å². The van der Waals surface area contributed by atoms with Crippen molar-refractivity contribution in [2.75, 3.05) is 18.0 Å². The van der Waals surface area contributed by atoms with Gasteiger partial charge in [0.2, 0.25) is 5.91 Å². The highest BCUT2D eigenvalue weighted by molar-refractivity contribution is 5.96. The topological polar surface area (TPSA) is 49.4 Å². The Morgan fingerprint density at radius 2 is 1.65 bits per heavy atom. The molecule has 0 saturated heterocycles. The molecule has 0 spiro atoms. The molecule has 1 N–H and O–H groups in total. The first-order valence-electron chi connectivity index (χ1n) is 7.99. The van der Waals surface area contributed by atoms with Crippen molar-refractivity contribution >= 4 is 17.5 Å². The molecule has 0 aliphatic rings. The van der Waals surface area contributed by atoms with Crippen molar-refractivity contribution in [3.05, 3.63) is 65.2 Å². The average Bonchev–Trinajstić information content (AvgIpc) is 2.58. The number of halogens is 3. The van der Waals surface area contributed by atoms with Crippen LogP contribution in [0, 0.1) is 6.92 Å². The number of carbonyl (C=O) groups excluding carboxylic acids is 2. The Labute approximate surface area is 149 Å². The van der Waals surface area contributed by atoms with Crippen molar-refractivity contribution in [1.82, 2.24) is 5.32 Å². The number of anilines is 1. The maximum atomic E-state index is 12.6. The highest BCUT2D eigenvalue weighted by Crippen LogP contribution is 2.30. The number of nitrogens with one attached hydrogen (secondary N) is 1. The van der Waals surface area contributed by atoms with Crippen LogP contribution in [0.25, 0.3) is 0 Å². The first kappa shape index (κ1) is 19.5. The summed E-state index contributed by atoms with van der Waals surface area (Å²) in [6.07, 6.45) is -4.43. The minimum atomic E-state index is -4.43. The lowest BCUT2D eigenvalue weighted by atomic mass is 10.1. The molecule has 2 rings (SSSR count). The van der Waals surface area contributed by atoms with Gasteiger partial charge in [0.05, 0.1) is 5.56 Å². The quantitative estimate of drug-likeness (QED) is 0.877. The SMILES string of the molecule is CC(=O)N(CCNC(=O)c1ccccc1C)c1ccc(C(F)(F)F)cc1. The highest BCUT2D eigenvalue weighted by Gasteiger charge is 2.30. The lowest BCUT2D eigenvalue weighted by Crippen LogP contribution is -2.37. The Morgan fingerprint density at radius 1 is 1.04 bits per heavy atom. The van der Waals surface area contributed by atoms with E-state index < -0.39 is 11.7 Å². The molecule has 0 aliphatic carbocycles. The number of hydrogen-bond donors (Lipinski definition) is 1. The summed E-state index contributed by atoms with van der Waals surface area (Å²) < 4.78 is 37.9. The smallest absolute Gasteiger partial charge is 0.350 e. The predicted molar refractivity (Wildman–Crippen MR) is 93.0 cm³/mol. The van der Waals surface area contributed by atoms with Crippen molar-refractivity contribution in [1.29, 1.82) is 0 Å². The zero-order valence-corrected chi connectivity index (χ0v) is 14.4. The van der Waals surface area contributed by atoms with Crippen LogP contribution in [0.2, 0.25) is 0 Å². The number of amides is 2. The number of carbonyl (C=O) groups is 2. The molecule has 2 aromatic rings. The molecule has 7 heteroatoms. The molecule has 0 unspecified atom stereocenters. The minimum Gasteiger partial charge on any atom is -0.350 e. The number of rotatable bonds is 5. The molecule has 0 radical (unpaired) electrons. The third kappa shape index (κ3) is 4.84. The van der Waals surface area contributed by atoms with E-state index in [1.54, 1.807) is 12.1 Å². The van der Waals surface area contributed by atoms with Gasteiger partial charge in [-0.1, -0.05) is 18.2 Å². The average molecular weight is 364 g/mol. The Balaban J connectivity index is 2.02. The van der Waals surface area contributed by atoms with Crippen LogP contribution in [0.1, 0.15) is 28.4 Å². The van der Waals surface area contributed by atoms with Gasteiger partial charge in [-0.2, -0.15) is 13.2 Å². The van der Waals surface area contributed by atoms with Gasteiger partial charge >= 0.3 is 6.18 Å². The van der Waals surface area contributed by atoms with Crippen molar-refractivity contribution < 1.29 is 22.8 Å². The third-order valence-corrected chi connectivity index (χ3v) is 3.90. The zero-order valence-electron chi connectivity index (χ0n) is 14.4. The summed E-state index contributed by atoms with van der Waals surface area (Å²) in [4.78, 5) is 25.3. The van der Waals surface area contributed by atoms with Gasteiger partial charge in [0.25, 0.3) is 5.91 Å². The van der Waals surface area contributed by atoms with E-state index in [4.69, 9.17) is 0 Å². The van der Waals surface area contributed by atoms with Crippen molar-refractivity contribution in [3.8, 4) is 0 Å². The second-order valence-corrected chi connectivity index (χ2v) is 5.79. The standard InChI is InChI=1S/C19H19F3N2O2/c1-13-5-3-4-6-17(13)18(26)23-11-12-24(14(2)25)16-9-7-15(8-10-16)19(20,21)22/h3-10H,11-12H2,1-2H3,(H,23,26). The van der Waals surface area contributed by atoms with E-state index >= 15 is 0 Å². The number of alkyl halides is 3. The summed E-state index contributed by atoms with van der Waals surface area (Å²) in [5, 5.41) is 2.72. The molecule has 26 heavy (non-hydrogen) atoms. The van der Waals surface area contributed by atoms with Gasteiger partial charge in [0.1, 0.15) is 0 Å². The fourth-order valence-corrected chi connectivity index (χ4v) is 2.50. The molecule has 138 valence electrons. The number of nitrogens with zero attached hydrogens (tertiary/aromatic N) is 1. The van der Waals surface area contributed by atoms with Gasteiger partial charge in [-0.05, 0) is 42.8 Å². The molecular weight excluding hydrogens is 345 g/mol. The Morgan fingerprint density at radius 3 is 2.19 bits per heavy atom. The van der Waals surface area contributed by atoms with Crippen LogP contribution in [-0.4, -0.2) is 24.9 Å². The maximum Gasteiger partial charge on any atom is 0.416 e. The third-order valence-electron chi connectivity index (χ3n) is 3.90. The van der Waals surface area contributed by atoms with Crippen LogP contribution in [0.5, 0.6) is 0 Å². The molecule has 0 aliphatic heterocycles. The molecule has 0 atom stereocenters. The minimum absolute atomic E-state index is 0.151. The van der Waals surface area contributed by atoms with E-state index in [2.05, 4.69) is 5.32 Å². The van der Waals surface area contributed by atoms with E-state index in [1.165, 1.54) is 24.0 Å². The largest absolute Gasteiger partial charge is 0.416 e. The van der Waals surface area contributed by atoms with Gasteiger partial charge in [-0.25, -0.2) is 0 Å². The lowest BCUT2D eigenvalue weighted by Gasteiger charge is -2.22. The van der Waals surface area contributed by atoms with E-state index in [1.807, 2.05) is 19.1 Å². The van der Waals surface area contributed by atoms with Crippen molar-refractivity contribution in [2.45, 2.75) is 20.0 Å². The summed E-state index contributed by atoms with van der Waals surface area (Å²) in [6.45, 7) is 3.46. The van der Waals surface area contributed by atoms with Gasteiger partial charge in [-0.15, -0.1) is 0 Å². The van der Waals surface area contributed by atoms with Crippen LogP contribution < -0.4 is 10.2 Å². The Bertz CT molecular complexity index is 786. The van der Waals surface area contributed by atoms with Crippen LogP contribution in [0.3, 0.4) is 0 Å². The monoisotopic (exact) mass is 364 g/mol. The molecule has 4 nitrogen and oxygen atoms in total. The van der Waals surface area contributed by atoms with Crippen molar-refractivity contribution in [3.63, 3.8) is 0 Å². The van der Waals surface area contributed by atoms with Gasteiger partial charge < -0.3 is 10.2 Å². The molecule has 0 heterocycles. The lowest BCUT2D eigenvalue weighted by molar-refractivity contribution is -0.137. The molecule has 0 saturated carbocycles. The molecule has 2 amide bonds. The molecule has 2 aromatic carbocycles. The second-order valence-electron chi connectivity index (χ2n) is 5.79. The van der Waals surface area contributed by atoms with E-state index in [0.29, 0.717) is 11.3 Å². The predicted octanol–water partition coefficient (Wildman–Crippen LogP) is 3.80. The number of hydrogen-bond acceptors (Lipinski definition) is 2. The molecular formula is C19H19F3N2O2.